The molecular formula is C23H38N4O5. The highest BCUT2D eigenvalue weighted by Crippen LogP contribution is 2.19. The van der Waals surface area contributed by atoms with E-state index in [0.717, 1.165) is 52.2 Å². The van der Waals surface area contributed by atoms with Gasteiger partial charge in [0.2, 0.25) is 0 Å². The maximum Gasteiger partial charge on any atom is 0.317 e. The normalized spacial score (nSPS) is 18.7. The van der Waals surface area contributed by atoms with Crippen LogP contribution in [0.3, 0.4) is 0 Å². The van der Waals surface area contributed by atoms with Crippen LogP contribution in [0.2, 0.25) is 0 Å². The van der Waals surface area contributed by atoms with E-state index in [4.69, 9.17) is 19.8 Å². The first kappa shape index (κ1) is 27.4. The monoisotopic (exact) mass is 450 g/mol. The lowest BCUT2D eigenvalue weighted by atomic mass is 10.1. The third-order valence-corrected chi connectivity index (χ3v) is 5.79. The zero-order valence-corrected chi connectivity index (χ0v) is 19.2. The van der Waals surface area contributed by atoms with Gasteiger partial charge >= 0.3 is 6.03 Å². The minimum Gasteiger partial charge on any atom is -0.483 e. The third-order valence-electron chi connectivity index (χ3n) is 5.79. The van der Waals surface area contributed by atoms with Gasteiger partial charge in [0.05, 0.1) is 0 Å². The van der Waals surface area contributed by atoms with Gasteiger partial charge in [0, 0.05) is 51.4 Å². The number of hydrogen-bond donors (Lipinski definition) is 3. The van der Waals surface area contributed by atoms with E-state index in [1.807, 2.05) is 4.90 Å². The summed E-state index contributed by atoms with van der Waals surface area (Å²) in [5.74, 6) is 0. The number of carbonyl (C=O) groups is 3. The van der Waals surface area contributed by atoms with Crippen LogP contribution in [-0.2, 0) is 16.0 Å². The van der Waals surface area contributed by atoms with E-state index in [1.165, 1.54) is 18.4 Å². The van der Waals surface area contributed by atoms with Gasteiger partial charge in [-0.1, -0.05) is 30.3 Å². The summed E-state index contributed by atoms with van der Waals surface area (Å²) in [4.78, 5) is 36.2. The van der Waals surface area contributed by atoms with Crippen molar-refractivity contribution in [1.29, 1.82) is 0 Å². The fourth-order valence-corrected chi connectivity index (χ4v) is 4.18. The Bertz CT molecular complexity index is 645. The first-order valence-electron chi connectivity index (χ1n) is 11.2. The van der Waals surface area contributed by atoms with Crippen LogP contribution in [0, 0.1) is 0 Å². The van der Waals surface area contributed by atoms with Gasteiger partial charge in [-0.25, -0.2) is 4.79 Å². The second-order valence-corrected chi connectivity index (χ2v) is 8.09. The Morgan fingerprint density at radius 2 is 1.66 bits per heavy atom. The molecule has 2 amide bonds. The van der Waals surface area contributed by atoms with E-state index < -0.39 is 0 Å². The number of amides is 2. The number of carboxylic acid groups (broad SMARTS) is 2. The number of piperazine rings is 1. The highest BCUT2D eigenvalue weighted by molar-refractivity contribution is 5.74. The molecule has 3 N–H and O–H groups in total. The molecule has 0 aromatic heterocycles. The summed E-state index contributed by atoms with van der Waals surface area (Å²) in [7, 11) is 0. The summed E-state index contributed by atoms with van der Waals surface area (Å²) < 4.78 is 0. The van der Waals surface area contributed by atoms with Crippen molar-refractivity contribution in [3.63, 3.8) is 0 Å². The van der Waals surface area contributed by atoms with Gasteiger partial charge in [0.1, 0.15) is 0 Å². The second-order valence-electron chi connectivity index (χ2n) is 8.09. The predicted molar refractivity (Wildman–Crippen MR) is 124 cm³/mol. The molecule has 1 aromatic carbocycles. The molecule has 0 aliphatic carbocycles. The second kappa shape index (κ2) is 16.0. The summed E-state index contributed by atoms with van der Waals surface area (Å²) in [5, 5.41) is 17.0. The summed E-state index contributed by atoms with van der Waals surface area (Å²) in [5.41, 5.74) is 1.39. The molecule has 0 saturated carbocycles. The fourth-order valence-electron chi connectivity index (χ4n) is 4.18. The number of rotatable bonds is 6. The molecule has 2 fully saturated rings. The Morgan fingerprint density at radius 1 is 1.06 bits per heavy atom. The standard InChI is InChI=1S/C21H34N4O.2CH2O2/c1-18(2)25-11-6-9-20(25)17-22-21(26)24-15-13-23(14-16-24)12-10-19-7-4-3-5-8-19;2*2-1-3/h3-5,7-8,18,20H,6,9-17H2,1-2H3,(H,22,26);2*1H,(H,2,3). The van der Waals surface area contributed by atoms with Gasteiger partial charge in [-0.2, -0.15) is 0 Å². The maximum atomic E-state index is 12.5. The van der Waals surface area contributed by atoms with Gasteiger partial charge in [0.15, 0.2) is 0 Å². The highest BCUT2D eigenvalue weighted by Gasteiger charge is 2.28. The van der Waals surface area contributed by atoms with Crippen molar-refractivity contribution < 1.29 is 24.6 Å². The van der Waals surface area contributed by atoms with Crippen LogP contribution >= 0.6 is 0 Å². The van der Waals surface area contributed by atoms with Crippen LogP contribution < -0.4 is 5.32 Å². The lowest BCUT2D eigenvalue weighted by Crippen LogP contribution is -2.53. The Labute approximate surface area is 191 Å². The Balaban J connectivity index is 0.000000769. The molecule has 1 atom stereocenters. The van der Waals surface area contributed by atoms with E-state index in [0.29, 0.717) is 12.1 Å². The number of hydrogen-bond acceptors (Lipinski definition) is 5. The van der Waals surface area contributed by atoms with Gasteiger partial charge in [-0.05, 0) is 45.2 Å². The summed E-state index contributed by atoms with van der Waals surface area (Å²) in [6, 6.07) is 11.8. The number of nitrogens with zero attached hydrogens (tertiary/aromatic N) is 3. The van der Waals surface area contributed by atoms with Gasteiger partial charge < -0.3 is 20.4 Å². The molecule has 32 heavy (non-hydrogen) atoms. The Kier molecular flexibility index (Phi) is 13.7. The van der Waals surface area contributed by atoms with Gasteiger partial charge in [-0.15, -0.1) is 0 Å². The first-order chi connectivity index (χ1) is 15.5. The quantitative estimate of drug-likeness (QED) is 0.567. The molecule has 2 saturated heterocycles. The maximum absolute atomic E-state index is 12.5. The van der Waals surface area contributed by atoms with E-state index in [-0.39, 0.29) is 19.0 Å². The zero-order valence-electron chi connectivity index (χ0n) is 19.2. The molecule has 2 aliphatic heterocycles. The molecule has 2 aliphatic rings. The minimum atomic E-state index is -0.250. The number of urea groups is 1. The first-order valence-corrected chi connectivity index (χ1v) is 11.2. The molecule has 1 unspecified atom stereocenters. The summed E-state index contributed by atoms with van der Waals surface area (Å²) in [6.45, 7) is 10.6. The van der Waals surface area contributed by atoms with E-state index in [9.17, 15) is 4.79 Å². The third kappa shape index (κ3) is 10.1. The molecule has 1 aromatic rings. The van der Waals surface area contributed by atoms with Crippen molar-refractivity contribution in [2.24, 2.45) is 0 Å². The van der Waals surface area contributed by atoms with Crippen LogP contribution in [0.5, 0.6) is 0 Å². The molecule has 0 spiro atoms. The summed E-state index contributed by atoms with van der Waals surface area (Å²) in [6.07, 6.45) is 3.53. The molecule has 9 heteroatoms. The molecule has 0 bridgehead atoms. The van der Waals surface area contributed by atoms with Crippen molar-refractivity contribution in [3.8, 4) is 0 Å². The van der Waals surface area contributed by atoms with Crippen molar-refractivity contribution >= 4 is 19.0 Å². The van der Waals surface area contributed by atoms with Gasteiger partial charge in [0.25, 0.3) is 12.9 Å². The van der Waals surface area contributed by atoms with E-state index in [1.54, 1.807) is 0 Å². The minimum absolute atomic E-state index is 0.114. The topological polar surface area (TPSA) is 113 Å². The van der Waals surface area contributed by atoms with Crippen LogP contribution in [0.25, 0.3) is 0 Å². The lowest BCUT2D eigenvalue weighted by molar-refractivity contribution is -0.123. The Hall–Kier alpha value is -2.65. The zero-order chi connectivity index (χ0) is 23.8. The molecule has 180 valence electrons. The van der Waals surface area contributed by atoms with Crippen LogP contribution in [0.15, 0.2) is 30.3 Å². The number of carbonyl (C=O) groups excluding carboxylic acids is 1. The average Bonchev–Trinajstić information content (AvgIpc) is 3.27. The number of nitrogens with one attached hydrogen (secondary N) is 1. The molecule has 3 rings (SSSR count). The van der Waals surface area contributed by atoms with Crippen LogP contribution in [0.1, 0.15) is 32.3 Å². The van der Waals surface area contributed by atoms with E-state index >= 15 is 0 Å². The van der Waals surface area contributed by atoms with Crippen molar-refractivity contribution in [2.75, 3.05) is 45.8 Å². The molecule has 0 radical (unpaired) electrons. The molecule has 2 heterocycles. The smallest absolute Gasteiger partial charge is 0.317 e. The summed E-state index contributed by atoms with van der Waals surface area (Å²) >= 11 is 0. The Morgan fingerprint density at radius 3 is 2.22 bits per heavy atom. The van der Waals surface area contributed by atoms with Gasteiger partial charge in [-0.3, -0.25) is 19.4 Å². The number of benzene rings is 1. The predicted octanol–water partition coefficient (Wildman–Crippen LogP) is 1.83. The molecule has 9 nitrogen and oxygen atoms in total. The lowest BCUT2D eigenvalue weighted by Gasteiger charge is -2.35. The van der Waals surface area contributed by atoms with Crippen molar-refractivity contribution in [1.82, 2.24) is 20.0 Å². The van der Waals surface area contributed by atoms with Crippen molar-refractivity contribution in [3.05, 3.63) is 35.9 Å². The highest BCUT2D eigenvalue weighted by atomic mass is 16.3. The number of likely N-dealkylation sites (tertiary alicyclic amines) is 1. The average molecular weight is 451 g/mol. The molecular weight excluding hydrogens is 412 g/mol. The van der Waals surface area contributed by atoms with Crippen molar-refractivity contribution in [2.45, 2.75) is 45.2 Å². The fraction of sp³-hybridized carbons (Fsp3) is 0.609. The largest absolute Gasteiger partial charge is 0.483 e. The SMILES string of the molecule is CC(C)N1CCCC1CNC(=O)N1CCN(CCc2ccccc2)CC1.O=CO.O=CO. The van der Waals surface area contributed by atoms with E-state index in [2.05, 4.69) is 59.3 Å². The van der Waals surface area contributed by atoms with Crippen LogP contribution in [0.4, 0.5) is 4.79 Å². The van der Waals surface area contributed by atoms with Crippen LogP contribution in [-0.4, -0.2) is 102 Å².